The van der Waals surface area contributed by atoms with E-state index in [0.717, 1.165) is 64.5 Å². The molecule has 4 aliphatic carbocycles. The average Bonchev–Trinajstić information content (AvgIpc) is 2.72. The van der Waals surface area contributed by atoms with Gasteiger partial charge in [-0.05, 0) is 119 Å². The molecule has 0 spiro atoms. The Balaban J connectivity index is 1.51. The molecule has 0 unspecified atom stereocenters. The van der Waals surface area contributed by atoms with Gasteiger partial charge in [0.15, 0.2) is 0 Å². The second-order valence-electron chi connectivity index (χ2n) is 10.0. The molecule has 152 valence electrons. The first-order valence-electron chi connectivity index (χ1n) is 11.1. The summed E-state index contributed by atoms with van der Waals surface area (Å²) in [5.74, 6) is 1.78. The highest BCUT2D eigenvalue weighted by molar-refractivity contribution is 5.98. The Bertz CT molecular complexity index is 1120. The predicted octanol–water partition coefficient (Wildman–Crippen LogP) is 6.38. The van der Waals surface area contributed by atoms with Crippen LogP contribution in [-0.2, 0) is 5.41 Å². The van der Waals surface area contributed by atoms with E-state index in [-0.39, 0.29) is 11.2 Å². The smallest absolute Gasteiger partial charge is 0.336 e. The van der Waals surface area contributed by atoms with Crippen LogP contribution in [0, 0.1) is 17.8 Å². The first-order valence-corrected chi connectivity index (χ1v) is 11.1. The van der Waals surface area contributed by atoms with Crippen LogP contribution in [0.1, 0.15) is 54.4 Å². The summed E-state index contributed by atoms with van der Waals surface area (Å²) < 4.78 is 0. The number of hydrogen-bond donors (Lipinski definition) is 2. The summed E-state index contributed by atoms with van der Waals surface area (Å²) in [7, 11) is 0. The number of hydrogen-bond acceptors (Lipinski definition) is 2. The lowest BCUT2D eigenvalue weighted by molar-refractivity contribution is -0.00576. The number of carboxylic acids is 1. The fourth-order valence-electron chi connectivity index (χ4n) is 7.19. The Morgan fingerprint density at radius 1 is 0.767 bits per heavy atom. The molecule has 0 saturated heterocycles. The van der Waals surface area contributed by atoms with Crippen LogP contribution in [0.25, 0.3) is 21.9 Å². The van der Waals surface area contributed by atoms with Gasteiger partial charge in [-0.15, -0.1) is 0 Å². The minimum atomic E-state index is -0.801. The molecule has 0 atom stereocenters. The van der Waals surface area contributed by atoms with E-state index < -0.39 is 5.97 Å². The largest absolute Gasteiger partial charge is 0.508 e. The fraction of sp³-hybridized carbons (Fsp3) is 0.370. The van der Waals surface area contributed by atoms with Gasteiger partial charge in [-0.1, -0.05) is 24.3 Å². The van der Waals surface area contributed by atoms with Crippen LogP contribution >= 0.6 is 0 Å². The second kappa shape index (κ2) is 6.34. The molecule has 0 amide bonds. The summed E-state index contributed by atoms with van der Waals surface area (Å²) in [5.41, 5.74) is 3.76. The van der Waals surface area contributed by atoms with Gasteiger partial charge < -0.3 is 10.2 Å². The minimum absolute atomic E-state index is 0.0468. The van der Waals surface area contributed by atoms with Gasteiger partial charge in [0.05, 0.1) is 5.56 Å². The molecule has 30 heavy (non-hydrogen) atoms. The standard InChI is InChI=1S/C27H26O3/c28-23-5-3-19(4-6-23)20-1-2-21-11-24(26(29)30)25(12-22(21)10-20)27-13-16-7-17(14-27)9-18(8-16)15-27/h1-6,10-12,16-18,28H,7-9,13-15H2,(H,29,30). The maximum Gasteiger partial charge on any atom is 0.336 e. The number of aromatic carboxylic acids is 1. The maximum atomic E-state index is 12.3. The molecular weight excluding hydrogens is 372 g/mol. The molecule has 4 aliphatic rings. The summed E-state index contributed by atoms with van der Waals surface area (Å²) in [4.78, 5) is 12.3. The van der Waals surface area contributed by atoms with Crippen molar-refractivity contribution in [2.45, 2.75) is 43.9 Å². The fourth-order valence-corrected chi connectivity index (χ4v) is 7.19. The van der Waals surface area contributed by atoms with Gasteiger partial charge in [-0.2, -0.15) is 0 Å². The molecule has 7 rings (SSSR count). The zero-order valence-corrected chi connectivity index (χ0v) is 17.0. The number of fused-ring (bicyclic) bond motifs is 1. The highest BCUT2D eigenvalue weighted by atomic mass is 16.4. The number of aromatic hydroxyl groups is 1. The lowest BCUT2D eigenvalue weighted by atomic mass is 9.47. The third-order valence-corrected chi connectivity index (χ3v) is 8.02. The van der Waals surface area contributed by atoms with Crippen LogP contribution in [0.3, 0.4) is 0 Å². The van der Waals surface area contributed by atoms with Crippen LogP contribution in [0.5, 0.6) is 5.75 Å². The quantitative estimate of drug-likeness (QED) is 0.538. The van der Waals surface area contributed by atoms with Crippen molar-refractivity contribution in [3.05, 3.63) is 65.7 Å². The Morgan fingerprint density at radius 3 is 1.97 bits per heavy atom. The second-order valence-corrected chi connectivity index (χ2v) is 10.0. The molecule has 3 nitrogen and oxygen atoms in total. The number of carbonyl (C=O) groups is 1. The van der Waals surface area contributed by atoms with Crippen molar-refractivity contribution in [1.29, 1.82) is 0 Å². The Hall–Kier alpha value is -2.81. The number of benzene rings is 3. The van der Waals surface area contributed by atoms with Gasteiger partial charge in [0.25, 0.3) is 0 Å². The van der Waals surface area contributed by atoms with Gasteiger partial charge in [0.2, 0.25) is 0 Å². The molecule has 4 bridgehead atoms. The minimum Gasteiger partial charge on any atom is -0.508 e. The molecule has 3 aromatic rings. The Kier molecular flexibility index (Phi) is 3.80. The van der Waals surface area contributed by atoms with Crippen LogP contribution < -0.4 is 0 Å². The Morgan fingerprint density at radius 2 is 1.37 bits per heavy atom. The lowest BCUT2D eigenvalue weighted by Crippen LogP contribution is -2.49. The molecule has 2 N–H and O–H groups in total. The molecule has 4 fully saturated rings. The van der Waals surface area contributed by atoms with Crippen molar-refractivity contribution in [3.63, 3.8) is 0 Å². The highest BCUT2D eigenvalue weighted by Crippen LogP contribution is 2.61. The number of phenols is 1. The van der Waals surface area contributed by atoms with Gasteiger partial charge in [0.1, 0.15) is 5.75 Å². The van der Waals surface area contributed by atoms with Crippen LogP contribution in [-0.4, -0.2) is 16.2 Å². The van der Waals surface area contributed by atoms with Crippen LogP contribution in [0.2, 0.25) is 0 Å². The van der Waals surface area contributed by atoms with Crippen molar-refractivity contribution in [3.8, 4) is 16.9 Å². The van der Waals surface area contributed by atoms with Gasteiger partial charge in [-0.25, -0.2) is 4.79 Å². The Labute approximate surface area is 176 Å². The van der Waals surface area contributed by atoms with E-state index in [9.17, 15) is 15.0 Å². The van der Waals surface area contributed by atoms with Gasteiger partial charge in [0, 0.05) is 0 Å². The van der Waals surface area contributed by atoms with Crippen molar-refractivity contribution in [2.24, 2.45) is 17.8 Å². The predicted molar refractivity (Wildman–Crippen MR) is 118 cm³/mol. The highest BCUT2D eigenvalue weighted by Gasteiger charge is 2.52. The normalized spacial score (nSPS) is 29.4. The van der Waals surface area contributed by atoms with Gasteiger partial charge in [-0.3, -0.25) is 0 Å². The first-order chi connectivity index (χ1) is 14.5. The molecule has 0 aliphatic heterocycles. The van der Waals surface area contributed by atoms with Crippen LogP contribution in [0.4, 0.5) is 0 Å². The van der Waals surface area contributed by atoms with E-state index in [1.807, 2.05) is 30.3 Å². The summed E-state index contributed by atoms with van der Waals surface area (Å²) in [6.45, 7) is 0. The maximum absolute atomic E-state index is 12.3. The van der Waals surface area contributed by atoms with Gasteiger partial charge >= 0.3 is 5.97 Å². The molecule has 4 saturated carbocycles. The molecule has 0 aromatic heterocycles. The van der Waals surface area contributed by atoms with E-state index >= 15 is 0 Å². The van der Waals surface area contributed by atoms with E-state index in [2.05, 4.69) is 12.1 Å². The van der Waals surface area contributed by atoms with Crippen molar-refractivity contribution < 1.29 is 15.0 Å². The SMILES string of the molecule is O=C(O)c1cc2ccc(-c3ccc(O)cc3)cc2cc1C12CC3CC(CC(C3)C1)C2. The molecule has 0 radical (unpaired) electrons. The molecule has 3 aromatic carbocycles. The van der Waals surface area contributed by atoms with E-state index in [4.69, 9.17) is 0 Å². The van der Waals surface area contributed by atoms with Crippen molar-refractivity contribution >= 4 is 16.7 Å². The monoisotopic (exact) mass is 398 g/mol. The molecule has 0 heterocycles. The summed E-state index contributed by atoms with van der Waals surface area (Å²) in [5, 5.41) is 21.7. The third-order valence-electron chi connectivity index (χ3n) is 8.02. The zero-order chi connectivity index (χ0) is 20.5. The van der Waals surface area contributed by atoms with E-state index in [1.165, 1.54) is 19.3 Å². The molecule has 3 heteroatoms. The first kappa shape index (κ1) is 18.0. The topological polar surface area (TPSA) is 57.5 Å². The van der Waals surface area contributed by atoms with E-state index in [0.29, 0.717) is 5.56 Å². The number of phenolic OH excluding ortho intramolecular Hbond substituents is 1. The number of carboxylic acid groups (broad SMARTS) is 1. The number of rotatable bonds is 3. The zero-order valence-electron chi connectivity index (χ0n) is 17.0. The van der Waals surface area contributed by atoms with Crippen LogP contribution in [0.15, 0.2) is 54.6 Å². The molecular formula is C27H26O3. The summed E-state index contributed by atoms with van der Waals surface area (Å²) >= 11 is 0. The van der Waals surface area contributed by atoms with Crippen molar-refractivity contribution in [2.75, 3.05) is 0 Å². The third kappa shape index (κ3) is 2.75. The van der Waals surface area contributed by atoms with E-state index in [1.54, 1.807) is 12.1 Å². The average molecular weight is 399 g/mol. The summed E-state index contributed by atoms with van der Waals surface area (Å²) in [6.07, 6.45) is 7.51. The van der Waals surface area contributed by atoms with Crippen molar-refractivity contribution in [1.82, 2.24) is 0 Å². The summed E-state index contributed by atoms with van der Waals surface area (Å²) in [6, 6.07) is 17.5. The lowest BCUT2D eigenvalue weighted by Gasteiger charge is -2.57.